The van der Waals surface area contributed by atoms with Crippen molar-refractivity contribution in [2.45, 2.75) is 32.4 Å². The summed E-state index contributed by atoms with van der Waals surface area (Å²) in [6, 6.07) is 5.15. The van der Waals surface area contributed by atoms with Crippen LogP contribution in [0.4, 0.5) is 4.39 Å². The van der Waals surface area contributed by atoms with E-state index in [1.54, 1.807) is 19.1 Å². The summed E-state index contributed by atoms with van der Waals surface area (Å²) in [7, 11) is 0. The zero-order valence-corrected chi connectivity index (χ0v) is 10.2. The number of benzene rings is 1. The van der Waals surface area contributed by atoms with Crippen molar-refractivity contribution in [1.82, 2.24) is 14.8 Å². The highest BCUT2D eigenvalue weighted by Crippen LogP contribution is 2.24. The number of aryl methyl sites for hydroxylation is 2. The molecule has 1 aliphatic heterocycles. The number of hydrogen-bond acceptors (Lipinski definition) is 3. The first-order chi connectivity index (χ1) is 8.65. The Bertz CT molecular complexity index is 591. The topological polar surface area (TPSA) is 56.7 Å². The van der Waals surface area contributed by atoms with Gasteiger partial charge in [0.2, 0.25) is 0 Å². The van der Waals surface area contributed by atoms with E-state index in [1.807, 2.05) is 4.57 Å². The van der Waals surface area contributed by atoms with Crippen molar-refractivity contribution in [3.05, 3.63) is 35.4 Å². The minimum atomic E-state index is -0.200. The summed E-state index contributed by atoms with van der Waals surface area (Å²) in [6.07, 6.45) is 1.80. The molecule has 0 saturated carbocycles. The predicted molar refractivity (Wildman–Crippen MR) is 66.4 cm³/mol. The number of halogens is 1. The maximum atomic E-state index is 13.3. The largest absolute Gasteiger partial charge is 0.326 e. The van der Waals surface area contributed by atoms with Gasteiger partial charge in [-0.3, -0.25) is 0 Å². The molecule has 1 aliphatic rings. The Kier molecular flexibility index (Phi) is 2.63. The summed E-state index contributed by atoms with van der Waals surface area (Å²) in [5.74, 6) is 1.55. The molecule has 0 fully saturated rings. The van der Waals surface area contributed by atoms with E-state index >= 15 is 0 Å². The third-order valence-electron chi connectivity index (χ3n) is 3.40. The first-order valence-electron chi connectivity index (χ1n) is 6.09. The molecule has 0 saturated heterocycles. The van der Waals surface area contributed by atoms with E-state index in [4.69, 9.17) is 5.73 Å². The molecule has 1 atom stereocenters. The second-order valence-electron chi connectivity index (χ2n) is 4.81. The Morgan fingerprint density at radius 1 is 1.39 bits per heavy atom. The van der Waals surface area contributed by atoms with Gasteiger partial charge in [0.15, 0.2) is 5.82 Å². The second kappa shape index (κ2) is 4.17. The number of aromatic nitrogens is 3. The van der Waals surface area contributed by atoms with Crippen LogP contribution in [0.5, 0.6) is 0 Å². The molecule has 1 unspecified atom stereocenters. The molecule has 3 rings (SSSR count). The van der Waals surface area contributed by atoms with Crippen LogP contribution in [-0.4, -0.2) is 20.8 Å². The minimum absolute atomic E-state index is 0.147. The lowest BCUT2D eigenvalue weighted by atomic mass is 10.1. The van der Waals surface area contributed by atoms with E-state index in [2.05, 4.69) is 10.2 Å². The van der Waals surface area contributed by atoms with Crippen LogP contribution < -0.4 is 5.73 Å². The van der Waals surface area contributed by atoms with Gasteiger partial charge in [0.05, 0.1) is 0 Å². The number of hydrogen-bond donors (Lipinski definition) is 1. The molecule has 5 heteroatoms. The first-order valence-corrected chi connectivity index (χ1v) is 6.09. The highest BCUT2D eigenvalue weighted by atomic mass is 19.1. The second-order valence-corrected chi connectivity index (χ2v) is 4.81. The van der Waals surface area contributed by atoms with Gasteiger partial charge in [-0.25, -0.2) is 4.39 Å². The van der Waals surface area contributed by atoms with E-state index < -0.39 is 0 Å². The number of nitrogens with two attached hydrogens (primary N) is 1. The van der Waals surface area contributed by atoms with Crippen molar-refractivity contribution in [2.24, 2.45) is 5.73 Å². The maximum absolute atomic E-state index is 13.3. The third kappa shape index (κ3) is 1.80. The molecule has 1 aromatic carbocycles. The molecule has 0 aliphatic carbocycles. The predicted octanol–water partition coefficient (Wildman–Crippen LogP) is 1.67. The van der Waals surface area contributed by atoms with Crippen LogP contribution in [0.3, 0.4) is 0 Å². The van der Waals surface area contributed by atoms with E-state index in [0.717, 1.165) is 36.6 Å². The first kappa shape index (κ1) is 11.3. The van der Waals surface area contributed by atoms with E-state index in [9.17, 15) is 4.39 Å². The molecule has 0 amide bonds. The zero-order valence-electron chi connectivity index (χ0n) is 10.2. The Balaban J connectivity index is 2.07. The van der Waals surface area contributed by atoms with Crippen molar-refractivity contribution >= 4 is 0 Å². The molecule has 2 N–H and O–H groups in total. The summed E-state index contributed by atoms with van der Waals surface area (Å²) in [5.41, 5.74) is 7.48. The van der Waals surface area contributed by atoms with Crippen molar-refractivity contribution in [3.63, 3.8) is 0 Å². The highest BCUT2D eigenvalue weighted by Gasteiger charge is 2.21. The molecule has 0 spiro atoms. The smallest absolute Gasteiger partial charge is 0.164 e. The Hall–Kier alpha value is -1.75. The summed E-state index contributed by atoms with van der Waals surface area (Å²) in [4.78, 5) is 0. The van der Waals surface area contributed by atoms with E-state index in [0.29, 0.717) is 5.56 Å². The lowest BCUT2D eigenvalue weighted by molar-refractivity contribution is 0.456. The average Bonchev–Trinajstić information content (AvgIpc) is 2.75. The molecule has 94 valence electrons. The fourth-order valence-corrected chi connectivity index (χ4v) is 2.35. The van der Waals surface area contributed by atoms with Crippen LogP contribution in [0.15, 0.2) is 18.2 Å². The number of nitrogens with zero attached hydrogens (tertiary/aromatic N) is 3. The van der Waals surface area contributed by atoms with Crippen LogP contribution in [-0.2, 0) is 13.0 Å². The quantitative estimate of drug-likeness (QED) is 0.832. The van der Waals surface area contributed by atoms with Crippen LogP contribution in [0.2, 0.25) is 0 Å². The summed E-state index contributed by atoms with van der Waals surface area (Å²) in [5, 5.41) is 8.39. The molecule has 2 heterocycles. The highest BCUT2D eigenvalue weighted by molar-refractivity contribution is 5.56. The Labute approximate surface area is 105 Å². The van der Waals surface area contributed by atoms with Crippen molar-refractivity contribution in [3.8, 4) is 11.4 Å². The standard InChI is InChI=1S/C13H15FN4/c1-8-6-9(2-4-11(8)14)13-17-16-12-5-3-10(15)7-18(12)13/h2,4,6,10H,3,5,7,15H2,1H3. The average molecular weight is 246 g/mol. The van der Waals surface area contributed by atoms with Gasteiger partial charge in [0.25, 0.3) is 0 Å². The van der Waals surface area contributed by atoms with Gasteiger partial charge in [-0.15, -0.1) is 10.2 Å². The lowest BCUT2D eigenvalue weighted by Gasteiger charge is -2.20. The molecule has 0 radical (unpaired) electrons. The molecule has 2 aromatic rings. The Morgan fingerprint density at radius 3 is 3.00 bits per heavy atom. The number of rotatable bonds is 1. The van der Waals surface area contributed by atoms with E-state index in [-0.39, 0.29) is 11.9 Å². The molecule has 1 aromatic heterocycles. The number of fused-ring (bicyclic) bond motifs is 1. The molecule has 4 nitrogen and oxygen atoms in total. The minimum Gasteiger partial charge on any atom is -0.326 e. The van der Waals surface area contributed by atoms with Gasteiger partial charge in [0.1, 0.15) is 11.6 Å². The molecular weight excluding hydrogens is 231 g/mol. The zero-order chi connectivity index (χ0) is 12.7. The molecule has 0 bridgehead atoms. The van der Waals surface area contributed by atoms with Crippen LogP contribution >= 0.6 is 0 Å². The summed E-state index contributed by atoms with van der Waals surface area (Å²) >= 11 is 0. The van der Waals surface area contributed by atoms with Gasteiger partial charge in [0, 0.05) is 24.6 Å². The Morgan fingerprint density at radius 2 is 2.22 bits per heavy atom. The fourth-order valence-electron chi connectivity index (χ4n) is 2.35. The molecular formula is C13H15FN4. The monoisotopic (exact) mass is 246 g/mol. The SMILES string of the molecule is Cc1cc(-c2nnc3n2CC(N)CC3)ccc1F. The van der Waals surface area contributed by atoms with E-state index in [1.165, 1.54) is 6.07 Å². The third-order valence-corrected chi connectivity index (χ3v) is 3.40. The maximum Gasteiger partial charge on any atom is 0.164 e. The fraction of sp³-hybridized carbons (Fsp3) is 0.385. The van der Waals surface area contributed by atoms with Crippen molar-refractivity contribution in [1.29, 1.82) is 0 Å². The van der Waals surface area contributed by atoms with Gasteiger partial charge in [-0.2, -0.15) is 0 Å². The summed E-state index contributed by atoms with van der Waals surface area (Å²) in [6.45, 7) is 2.48. The van der Waals surface area contributed by atoms with Crippen LogP contribution in [0.1, 0.15) is 17.8 Å². The lowest BCUT2D eigenvalue weighted by Crippen LogP contribution is -2.32. The molecule has 18 heavy (non-hydrogen) atoms. The summed E-state index contributed by atoms with van der Waals surface area (Å²) < 4.78 is 15.3. The van der Waals surface area contributed by atoms with Gasteiger partial charge >= 0.3 is 0 Å². The van der Waals surface area contributed by atoms with Crippen molar-refractivity contribution in [2.75, 3.05) is 0 Å². The van der Waals surface area contributed by atoms with Crippen molar-refractivity contribution < 1.29 is 4.39 Å². The van der Waals surface area contributed by atoms with Gasteiger partial charge in [-0.05, 0) is 37.1 Å². The normalized spacial score (nSPS) is 18.7. The van der Waals surface area contributed by atoms with Gasteiger partial charge < -0.3 is 10.3 Å². The van der Waals surface area contributed by atoms with Crippen LogP contribution in [0, 0.1) is 12.7 Å². The van der Waals surface area contributed by atoms with Gasteiger partial charge in [-0.1, -0.05) is 0 Å². The van der Waals surface area contributed by atoms with Crippen LogP contribution in [0.25, 0.3) is 11.4 Å².